The predicted molar refractivity (Wildman–Crippen MR) is 132 cm³/mol. The molecular formula is C25H27N7O2. The first-order valence-electron chi connectivity index (χ1n) is 11.3. The smallest absolute Gasteiger partial charge is 0.326 e. The van der Waals surface area contributed by atoms with Crippen molar-refractivity contribution in [3.63, 3.8) is 0 Å². The summed E-state index contributed by atoms with van der Waals surface area (Å²) in [5.74, 6) is 1.12. The second-order valence-electron chi connectivity index (χ2n) is 8.43. The number of nitrogens with zero attached hydrogens (tertiary/aromatic N) is 6. The molecule has 5 rings (SSSR count). The quantitative estimate of drug-likeness (QED) is 0.601. The van der Waals surface area contributed by atoms with E-state index in [4.69, 9.17) is 5.73 Å². The van der Waals surface area contributed by atoms with E-state index in [1.165, 1.54) is 4.90 Å². The summed E-state index contributed by atoms with van der Waals surface area (Å²) >= 11 is 0. The molecule has 3 heterocycles. The van der Waals surface area contributed by atoms with Crippen molar-refractivity contribution in [2.24, 2.45) is 5.73 Å². The number of hydrogen-bond donors (Lipinski definition) is 1. The van der Waals surface area contributed by atoms with E-state index in [9.17, 15) is 9.59 Å². The van der Waals surface area contributed by atoms with Crippen LogP contribution in [0.4, 0.5) is 22.0 Å². The van der Waals surface area contributed by atoms with Gasteiger partial charge in [-0.15, -0.1) is 0 Å². The van der Waals surface area contributed by atoms with Crippen LogP contribution in [0, 0.1) is 0 Å². The topological polar surface area (TPSA) is 98.9 Å². The van der Waals surface area contributed by atoms with Crippen LogP contribution in [-0.2, 0) is 11.3 Å². The number of hydrogen-bond acceptors (Lipinski definition) is 7. The van der Waals surface area contributed by atoms with E-state index in [0.29, 0.717) is 50.1 Å². The van der Waals surface area contributed by atoms with Gasteiger partial charge in [0, 0.05) is 51.0 Å². The van der Waals surface area contributed by atoms with Crippen LogP contribution >= 0.6 is 0 Å². The Labute approximate surface area is 198 Å². The number of anilines is 3. The van der Waals surface area contributed by atoms with Gasteiger partial charge in [-0.3, -0.25) is 9.69 Å². The Hall–Kier alpha value is -3.98. The normalized spacial score (nSPS) is 17.6. The average molecular weight is 458 g/mol. The third-order valence-corrected chi connectivity index (χ3v) is 6.43. The lowest BCUT2D eigenvalue weighted by Crippen LogP contribution is -2.56. The van der Waals surface area contributed by atoms with E-state index in [1.54, 1.807) is 23.0 Å². The monoisotopic (exact) mass is 457 g/mol. The zero-order valence-corrected chi connectivity index (χ0v) is 19.0. The van der Waals surface area contributed by atoms with E-state index in [-0.39, 0.29) is 6.03 Å². The summed E-state index contributed by atoms with van der Waals surface area (Å²) in [5.41, 5.74) is 9.38. The van der Waals surface area contributed by atoms with Gasteiger partial charge in [-0.1, -0.05) is 42.5 Å². The number of urea groups is 1. The molecule has 2 aliphatic rings. The van der Waals surface area contributed by atoms with Crippen molar-refractivity contribution < 1.29 is 9.59 Å². The van der Waals surface area contributed by atoms with E-state index < -0.39 is 6.17 Å². The number of nitrogens with two attached hydrogens (primary N) is 1. The number of carbonyl (C=O) groups excluding carboxylic acids is 2. The summed E-state index contributed by atoms with van der Waals surface area (Å²) < 4.78 is 0. The predicted octanol–water partition coefficient (Wildman–Crippen LogP) is 2.33. The summed E-state index contributed by atoms with van der Waals surface area (Å²) in [6, 6.07) is 17.6. The fraction of sp³-hybridized carbons (Fsp3) is 0.280. The summed E-state index contributed by atoms with van der Waals surface area (Å²) in [6.07, 6.45) is 1.65. The lowest BCUT2D eigenvalue weighted by atomic mass is 10.1. The van der Waals surface area contributed by atoms with Gasteiger partial charge >= 0.3 is 6.03 Å². The minimum Gasteiger partial charge on any atom is -0.368 e. The van der Waals surface area contributed by atoms with Gasteiger partial charge in [-0.05, 0) is 17.7 Å². The van der Waals surface area contributed by atoms with Crippen molar-refractivity contribution in [3.8, 4) is 11.4 Å². The summed E-state index contributed by atoms with van der Waals surface area (Å²) in [5, 5.41) is 0. The van der Waals surface area contributed by atoms with Crippen LogP contribution in [0.3, 0.4) is 0 Å². The Morgan fingerprint density at radius 3 is 2.56 bits per heavy atom. The molecule has 9 nitrogen and oxygen atoms in total. The maximum atomic E-state index is 13.6. The van der Waals surface area contributed by atoms with Crippen LogP contribution in [0.1, 0.15) is 5.56 Å². The highest BCUT2D eigenvalue weighted by Gasteiger charge is 2.41. The number of piperazine rings is 1. The molecule has 0 bridgehead atoms. The maximum absolute atomic E-state index is 13.6. The summed E-state index contributed by atoms with van der Waals surface area (Å²) in [7, 11) is 1.77. The molecule has 2 aromatic carbocycles. The molecule has 0 radical (unpaired) electrons. The number of benzene rings is 2. The summed E-state index contributed by atoms with van der Waals surface area (Å²) in [6.45, 7) is 3.00. The zero-order valence-electron chi connectivity index (χ0n) is 19.0. The van der Waals surface area contributed by atoms with Gasteiger partial charge in [-0.25, -0.2) is 14.8 Å². The van der Waals surface area contributed by atoms with E-state index >= 15 is 0 Å². The highest BCUT2D eigenvalue weighted by atomic mass is 16.2. The molecular weight excluding hydrogens is 430 g/mol. The lowest BCUT2D eigenvalue weighted by molar-refractivity contribution is -0.108. The molecule has 1 atom stereocenters. The van der Waals surface area contributed by atoms with E-state index in [2.05, 4.69) is 27.0 Å². The number of carbonyl (C=O) groups is 2. The Morgan fingerprint density at radius 2 is 1.85 bits per heavy atom. The standard InChI is InChI=1S/C25H27N7O2/c1-29-22(17-33)32(21-16-27-23(28-24(21)29)19-7-3-2-4-8-19)25(34)31-12-10-30(11-13-31)20-9-5-6-18(14-20)15-26/h2-9,14,16-17,22H,10-13,15,26H2,1H3. The minimum absolute atomic E-state index is 0.214. The van der Waals surface area contributed by atoms with Crippen LogP contribution in [0.15, 0.2) is 60.8 Å². The Morgan fingerprint density at radius 1 is 1.09 bits per heavy atom. The van der Waals surface area contributed by atoms with Gasteiger partial charge < -0.3 is 20.4 Å². The van der Waals surface area contributed by atoms with Gasteiger partial charge in [0.05, 0.1) is 6.20 Å². The molecule has 0 spiro atoms. The second kappa shape index (κ2) is 9.11. The third-order valence-electron chi connectivity index (χ3n) is 6.43. The van der Waals surface area contributed by atoms with Crippen LogP contribution in [0.2, 0.25) is 0 Å². The van der Waals surface area contributed by atoms with Crippen molar-refractivity contribution in [2.45, 2.75) is 12.7 Å². The Kier molecular flexibility index (Phi) is 5.85. The first-order valence-corrected chi connectivity index (χ1v) is 11.3. The van der Waals surface area contributed by atoms with Crippen molar-refractivity contribution in [2.75, 3.05) is 47.9 Å². The number of amides is 2. The number of fused-ring (bicyclic) bond motifs is 1. The molecule has 34 heavy (non-hydrogen) atoms. The fourth-order valence-corrected chi connectivity index (χ4v) is 4.52. The fourth-order valence-electron chi connectivity index (χ4n) is 4.52. The molecule has 174 valence electrons. The molecule has 1 fully saturated rings. The minimum atomic E-state index is -0.762. The highest BCUT2D eigenvalue weighted by Crippen LogP contribution is 2.38. The Bertz CT molecular complexity index is 1190. The van der Waals surface area contributed by atoms with Crippen molar-refractivity contribution in [1.82, 2.24) is 14.9 Å². The maximum Gasteiger partial charge on any atom is 0.326 e. The summed E-state index contributed by atoms with van der Waals surface area (Å²) in [4.78, 5) is 42.0. The second-order valence-corrected chi connectivity index (χ2v) is 8.43. The van der Waals surface area contributed by atoms with E-state index in [1.807, 2.05) is 42.5 Å². The largest absolute Gasteiger partial charge is 0.368 e. The van der Waals surface area contributed by atoms with Gasteiger partial charge in [0.1, 0.15) is 5.69 Å². The first kappa shape index (κ1) is 21.8. The van der Waals surface area contributed by atoms with Crippen LogP contribution in [0.5, 0.6) is 0 Å². The van der Waals surface area contributed by atoms with Gasteiger partial charge in [0.25, 0.3) is 0 Å². The molecule has 0 saturated carbocycles. The number of likely N-dealkylation sites (N-methyl/N-ethyl adjacent to an activating group) is 1. The SMILES string of the molecule is CN1c2nc(-c3ccccc3)ncc2N(C(=O)N2CCN(c3cccc(CN)c3)CC2)C1C=O. The number of aldehydes is 1. The highest BCUT2D eigenvalue weighted by molar-refractivity contribution is 6.03. The van der Waals surface area contributed by atoms with Crippen LogP contribution in [0.25, 0.3) is 11.4 Å². The molecule has 1 unspecified atom stereocenters. The first-order chi connectivity index (χ1) is 16.6. The Balaban J connectivity index is 1.35. The molecule has 2 N–H and O–H groups in total. The molecule has 2 aliphatic heterocycles. The molecule has 1 aromatic heterocycles. The molecule has 2 amide bonds. The van der Waals surface area contributed by atoms with Gasteiger partial charge in [0.15, 0.2) is 24.1 Å². The molecule has 1 saturated heterocycles. The van der Waals surface area contributed by atoms with Crippen molar-refractivity contribution in [1.29, 1.82) is 0 Å². The van der Waals surface area contributed by atoms with Crippen molar-refractivity contribution in [3.05, 3.63) is 66.4 Å². The number of rotatable bonds is 4. The zero-order chi connectivity index (χ0) is 23.7. The molecule has 3 aromatic rings. The third kappa shape index (κ3) is 3.84. The van der Waals surface area contributed by atoms with Crippen LogP contribution < -0.4 is 20.4 Å². The molecule has 0 aliphatic carbocycles. The van der Waals surface area contributed by atoms with E-state index in [0.717, 1.165) is 23.1 Å². The van der Waals surface area contributed by atoms with Gasteiger partial charge in [-0.2, -0.15) is 0 Å². The van der Waals surface area contributed by atoms with Gasteiger partial charge in [0.2, 0.25) is 0 Å². The molecule has 9 heteroatoms. The van der Waals surface area contributed by atoms with Crippen LogP contribution in [-0.4, -0.2) is 66.6 Å². The number of aromatic nitrogens is 2. The lowest BCUT2D eigenvalue weighted by Gasteiger charge is -2.38. The van der Waals surface area contributed by atoms with Crippen molar-refractivity contribution >= 4 is 29.5 Å². The average Bonchev–Trinajstić information content (AvgIpc) is 3.19.